The molecule has 3 aliphatic rings. The molecule has 0 aliphatic carbocycles. The molecule has 4 rings (SSSR count). The van der Waals surface area contributed by atoms with E-state index < -0.39 is 29.2 Å². The van der Waals surface area contributed by atoms with Crippen molar-refractivity contribution < 1.29 is 29.1 Å². The fourth-order valence-corrected chi connectivity index (χ4v) is 3.77. The Hall–Kier alpha value is -2.52. The Bertz CT molecular complexity index is 719. The van der Waals surface area contributed by atoms with Gasteiger partial charge in [0.25, 0.3) is 11.6 Å². The summed E-state index contributed by atoms with van der Waals surface area (Å²) in [7, 11) is 0. The van der Waals surface area contributed by atoms with Crippen LogP contribution in [0.25, 0.3) is 0 Å². The average molecular weight is 334 g/mol. The maximum Gasteiger partial charge on any atom is 0.338 e. The van der Waals surface area contributed by atoms with Crippen LogP contribution in [0.5, 0.6) is 0 Å². The summed E-state index contributed by atoms with van der Waals surface area (Å²) in [6.07, 6.45) is -1.81. The van der Waals surface area contributed by atoms with Gasteiger partial charge in [0.1, 0.15) is 0 Å². The van der Waals surface area contributed by atoms with Crippen LogP contribution in [0.1, 0.15) is 16.8 Å². The molecule has 5 atom stereocenters. The van der Waals surface area contributed by atoms with Crippen molar-refractivity contribution >= 4 is 17.6 Å². The third-order valence-corrected chi connectivity index (χ3v) is 4.86. The second-order valence-corrected chi connectivity index (χ2v) is 6.08. The van der Waals surface area contributed by atoms with E-state index in [-0.39, 0.29) is 29.3 Å². The summed E-state index contributed by atoms with van der Waals surface area (Å²) < 4.78 is 10.7. The lowest BCUT2D eigenvalue weighted by molar-refractivity contribution is -0.384. The number of nitro groups is 1. The molecule has 0 aromatic heterocycles. The highest BCUT2D eigenvalue weighted by Gasteiger charge is 2.63. The number of ether oxygens (including phenoxy) is 2. The number of hydrogen-bond acceptors (Lipinski definition) is 7. The summed E-state index contributed by atoms with van der Waals surface area (Å²) in [6.45, 7) is 0.517. The largest absolute Gasteiger partial charge is 0.448 e. The number of benzene rings is 1. The number of non-ortho nitro benzene ring substituents is 1. The number of hydrogen-bond donors (Lipinski definition) is 1. The first kappa shape index (κ1) is 15.0. The van der Waals surface area contributed by atoms with E-state index in [1.807, 2.05) is 0 Å². The molecule has 24 heavy (non-hydrogen) atoms. The van der Waals surface area contributed by atoms with E-state index in [1.165, 1.54) is 24.3 Å². The highest BCUT2D eigenvalue weighted by Crippen LogP contribution is 2.44. The third kappa shape index (κ3) is 2.09. The first-order valence-electron chi connectivity index (χ1n) is 7.57. The van der Waals surface area contributed by atoms with Crippen LogP contribution in [0, 0.1) is 16.0 Å². The number of aliphatic hydroxyl groups is 1. The van der Waals surface area contributed by atoms with Crippen LogP contribution >= 0.6 is 0 Å². The minimum absolute atomic E-state index is 0.102. The van der Waals surface area contributed by atoms with E-state index in [9.17, 15) is 24.8 Å². The molecule has 0 bridgehead atoms. The molecule has 3 saturated heterocycles. The van der Waals surface area contributed by atoms with Gasteiger partial charge in [-0.05, 0) is 18.6 Å². The van der Waals surface area contributed by atoms with Crippen LogP contribution in [0.4, 0.5) is 5.69 Å². The normalized spacial score (nSPS) is 33.6. The monoisotopic (exact) mass is 334 g/mol. The topological polar surface area (TPSA) is 119 Å². The zero-order valence-corrected chi connectivity index (χ0v) is 12.4. The zero-order valence-electron chi connectivity index (χ0n) is 12.4. The maximum absolute atomic E-state index is 12.4. The fourth-order valence-electron chi connectivity index (χ4n) is 3.77. The highest BCUT2D eigenvalue weighted by atomic mass is 16.6. The predicted octanol–water partition coefficient (Wildman–Crippen LogP) is 0.0681. The van der Waals surface area contributed by atoms with Crippen molar-refractivity contribution in [2.45, 2.75) is 31.0 Å². The van der Waals surface area contributed by atoms with Gasteiger partial charge in [-0.1, -0.05) is 0 Å². The summed E-state index contributed by atoms with van der Waals surface area (Å²) in [6, 6.07) is 4.66. The number of carbonyl (C=O) groups excluding carboxylic acids is 2. The Morgan fingerprint density at radius 1 is 1.38 bits per heavy atom. The first-order valence-corrected chi connectivity index (χ1v) is 7.57. The smallest absolute Gasteiger partial charge is 0.338 e. The van der Waals surface area contributed by atoms with Crippen molar-refractivity contribution in [3.05, 3.63) is 39.9 Å². The molecular formula is C15H14N2O7. The van der Waals surface area contributed by atoms with Gasteiger partial charge in [0.15, 0.2) is 12.4 Å². The minimum atomic E-state index is -1.15. The minimum Gasteiger partial charge on any atom is -0.448 e. The lowest BCUT2D eigenvalue weighted by Crippen LogP contribution is -2.36. The number of esters is 1. The molecule has 1 amide bonds. The van der Waals surface area contributed by atoms with Gasteiger partial charge < -0.3 is 19.5 Å². The molecule has 126 valence electrons. The van der Waals surface area contributed by atoms with E-state index in [0.717, 1.165) is 0 Å². The van der Waals surface area contributed by atoms with Gasteiger partial charge in [0.05, 0.1) is 28.6 Å². The molecule has 1 N–H and O–H groups in total. The number of rotatable bonds is 3. The molecule has 0 saturated carbocycles. The SMILES string of the molecule is O=C(OC1C(=O)N2CCC3OC(O)C1C32)c1ccc([N+](=O)[O-])cc1. The molecule has 0 radical (unpaired) electrons. The lowest BCUT2D eigenvalue weighted by atomic mass is 9.97. The van der Waals surface area contributed by atoms with Crippen molar-refractivity contribution in [1.82, 2.24) is 4.90 Å². The average Bonchev–Trinajstić information content (AvgIpc) is 3.18. The zero-order chi connectivity index (χ0) is 17.0. The third-order valence-electron chi connectivity index (χ3n) is 4.86. The van der Waals surface area contributed by atoms with Crippen LogP contribution < -0.4 is 0 Å². The number of carbonyl (C=O) groups is 2. The van der Waals surface area contributed by atoms with Crippen LogP contribution in [0.3, 0.4) is 0 Å². The first-order chi connectivity index (χ1) is 11.5. The number of nitro benzene ring substituents is 1. The van der Waals surface area contributed by atoms with Gasteiger partial charge in [0.2, 0.25) is 0 Å². The number of nitrogens with zero attached hydrogens (tertiary/aromatic N) is 2. The molecular weight excluding hydrogens is 320 g/mol. The van der Waals surface area contributed by atoms with Gasteiger partial charge in [-0.25, -0.2) is 4.79 Å². The molecule has 3 fully saturated rings. The predicted molar refractivity (Wildman–Crippen MR) is 76.8 cm³/mol. The summed E-state index contributed by atoms with van der Waals surface area (Å²) in [4.78, 5) is 36.3. The van der Waals surface area contributed by atoms with Crippen LogP contribution in [0.2, 0.25) is 0 Å². The number of amides is 1. The Balaban J connectivity index is 1.53. The molecule has 5 unspecified atom stereocenters. The van der Waals surface area contributed by atoms with Crippen molar-refractivity contribution in [3.63, 3.8) is 0 Å². The van der Waals surface area contributed by atoms with Crippen LogP contribution in [-0.4, -0.2) is 57.9 Å². The molecule has 1 aromatic carbocycles. The molecule has 9 nitrogen and oxygen atoms in total. The van der Waals surface area contributed by atoms with Crippen molar-refractivity contribution in [3.8, 4) is 0 Å². The Labute approximate surface area is 135 Å². The molecule has 1 aromatic rings. The molecule has 3 aliphatic heterocycles. The quantitative estimate of drug-likeness (QED) is 0.472. The standard InChI is InChI=1S/C15H14N2O7/c18-13-12(10-11-9(23-15(10)20)5-6-16(11)13)24-14(19)7-1-3-8(4-2-7)17(21)22/h1-4,9-12,15,20H,5-6H2. The maximum atomic E-state index is 12.4. The van der Waals surface area contributed by atoms with E-state index in [4.69, 9.17) is 9.47 Å². The van der Waals surface area contributed by atoms with Gasteiger partial charge in [0, 0.05) is 18.7 Å². The fraction of sp³-hybridized carbons (Fsp3) is 0.467. The van der Waals surface area contributed by atoms with Crippen molar-refractivity contribution in [2.24, 2.45) is 5.92 Å². The highest BCUT2D eigenvalue weighted by molar-refractivity contribution is 5.93. The Morgan fingerprint density at radius 3 is 2.75 bits per heavy atom. The summed E-state index contributed by atoms with van der Waals surface area (Å²) in [5.41, 5.74) is -0.0444. The van der Waals surface area contributed by atoms with Crippen LogP contribution in [-0.2, 0) is 14.3 Å². The Morgan fingerprint density at radius 2 is 2.08 bits per heavy atom. The van der Waals surface area contributed by atoms with E-state index in [2.05, 4.69) is 0 Å². The van der Waals surface area contributed by atoms with Crippen LogP contribution in [0.15, 0.2) is 24.3 Å². The summed E-state index contributed by atoms with van der Waals surface area (Å²) in [5, 5.41) is 20.7. The summed E-state index contributed by atoms with van der Waals surface area (Å²) >= 11 is 0. The van der Waals surface area contributed by atoms with Crippen molar-refractivity contribution in [2.75, 3.05) is 6.54 Å². The lowest BCUT2D eigenvalue weighted by Gasteiger charge is -2.18. The second kappa shape index (κ2) is 5.25. The number of aliphatic hydroxyl groups excluding tert-OH is 1. The summed E-state index contributed by atoms with van der Waals surface area (Å²) in [5.74, 6) is -1.70. The van der Waals surface area contributed by atoms with E-state index in [1.54, 1.807) is 4.90 Å². The van der Waals surface area contributed by atoms with E-state index >= 15 is 0 Å². The van der Waals surface area contributed by atoms with Gasteiger partial charge in [-0.15, -0.1) is 0 Å². The molecule has 0 spiro atoms. The van der Waals surface area contributed by atoms with Gasteiger partial charge in [-0.2, -0.15) is 0 Å². The Kier molecular flexibility index (Phi) is 3.29. The van der Waals surface area contributed by atoms with Gasteiger partial charge >= 0.3 is 5.97 Å². The van der Waals surface area contributed by atoms with E-state index in [0.29, 0.717) is 13.0 Å². The second-order valence-electron chi connectivity index (χ2n) is 6.08. The van der Waals surface area contributed by atoms with Gasteiger partial charge in [-0.3, -0.25) is 14.9 Å². The molecule has 3 heterocycles. The molecule has 9 heteroatoms. The van der Waals surface area contributed by atoms with Crippen molar-refractivity contribution in [1.29, 1.82) is 0 Å².